The third-order valence-electron chi connectivity index (χ3n) is 2.13. The maximum atomic E-state index is 11.6. The van der Waals surface area contributed by atoms with Crippen LogP contribution in [0.5, 0.6) is 0 Å². The van der Waals surface area contributed by atoms with Crippen molar-refractivity contribution in [3.63, 3.8) is 0 Å². The zero-order valence-electron chi connectivity index (χ0n) is 8.83. The lowest BCUT2D eigenvalue weighted by atomic mass is 10.1. The van der Waals surface area contributed by atoms with E-state index in [0.717, 1.165) is 0 Å². The molecule has 15 heavy (non-hydrogen) atoms. The quantitative estimate of drug-likeness (QED) is 0.831. The molecule has 1 amide bonds. The summed E-state index contributed by atoms with van der Waals surface area (Å²) in [5.41, 5.74) is 6.41. The van der Waals surface area contributed by atoms with Crippen molar-refractivity contribution in [3.8, 4) is 0 Å². The Labute approximate surface area is 94.6 Å². The first kappa shape index (κ1) is 12.0. The van der Waals surface area contributed by atoms with Crippen LogP contribution in [-0.4, -0.2) is 11.9 Å². The largest absolute Gasteiger partial charge is 0.325 e. The molecule has 1 aromatic carbocycles. The molecule has 0 unspecified atom stereocenters. The Morgan fingerprint density at radius 3 is 2.33 bits per heavy atom. The first-order valence-electron chi connectivity index (χ1n) is 4.82. The highest BCUT2D eigenvalue weighted by Crippen LogP contribution is 2.14. The number of hydrogen-bond acceptors (Lipinski definition) is 2. The van der Waals surface area contributed by atoms with Crippen molar-refractivity contribution < 1.29 is 4.79 Å². The SMILES string of the molecule is CC(C)[C@@H](N)C(=O)Nc1ccc(Cl)cc1. The van der Waals surface area contributed by atoms with E-state index in [1.54, 1.807) is 24.3 Å². The normalized spacial score (nSPS) is 12.6. The molecule has 0 aliphatic carbocycles. The van der Waals surface area contributed by atoms with Crippen LogP contribution in [0.25, 0.3) is 0 Å². The van der Waals surface area contributed by atoms with E-state index < -0.39 is 6.04 Å². The summed E-state index contributed by atoms with van der Waals surface area (Å²) >= 11 is 5.72. The van der Waals surface area contributed by atoms with Gasteiger partial charge in [-0.2, -0.15) is 0 Å². The summed E-state index contributed by atoms with van der Waals surface area (Å²) in [4.78, 5) is 11.6. The van der Waals surface area contributed by atoms with Crippen molar-refractivity contribution in [2.45, 2.75) is 19.9 Å². The number of benzene rings is 1. The van der Waals surface area contributed by atoms with E-state index in [0.29, 0.717) is 10.7 Å². The van der Waals surface area contributed by atoms with Crippen LogP contribution in [0, 0.1) is 5.92 Å². The fourth-order valence-electron chi connectivity index (χ4n) is 1.06. The first-order chi connectivity index (χ1) is 7.00. The number of amides is 1. The molecule has 3 N–H and O–H groups in total. The van der Waals surface area contributed by atoms with E-state index in [-0.39, 0.29) is 11.8 Å². The summed E-state index contributed by atoms with van der Waals surface area (Å²) in [5, 5.41) is 3.37. The van der Waals surface area contributed by atoms with Gasteiger partial charge < -0.3 is 11.1 Å². The van der Waals surface area contributed by atoms with Crippen LogP contribution in [0.2, 0.25) is 5.02 Å². The molecule has 0 saturated heterocycles. The number of nitrogens with two attached hydrogens (primary N) is 1. The Bertz CT molecular complexity index is 335. The van der Waals surface area contributed by atoms with Crippen molar-refractivity contribution >= 4 is 23.2 Å². The molecule has 0 heterocycles. The lowest BCUT2D eigenvalue weighted by molar-refractivity contribution is -0.118. The number of halogens is 1. The Morgan fingerprint density at radius 2 is 1.87 bits per heavy atom. The molecule has 4 heteroatoms. The summed E-state index contributed by atoms with van der Waals surface area (Å²) < 4.78 is 0. The predicted octanol–water partition coefficient (Wildman–Crippen LogP) is 2.26. The second-order valence-corrected chi connectivity index (χ2v) is 4.20. The smallest absolute Gasteiger partial charge is 0.241 e. The average Bonchev–Trinajstić information content (AvgIpc) is 2.20. The van der Waals surface area contributed by atoms with E-state index in [1.807, 2.05) is 13.8 Å². The van der Waals surface area contributed by atoms with E-state index in [9.17, 15) is 4.79 Å². The van der Waals surface area contributed by atoms with Gasteiger partial charge in [0.2, 0.25) is 5.91 Å². The van der Waals surface area contributed by atoms with E-state index >= 15 is 0 Å². The monoisotopic (exact) mass is 226 g/mol. The van der Waals surface area contributed by atoms with E-state index in [2.05, 4.69) is 5.32 Å². The van der Waals surface area contributed by atoms with Crippen molar-refractivity contribution in [2.75, 3.05) is 5.32 Å². The van der Waals surface area contributed by atoms with Gasteiger partial charge in [-0.05, 0) is 30.2 Å². The third kappa shape index (κ3) is 3.53. The zero-order chi connectivity index (χ0) is 11.4. The summed E-state index contributed by atoms with van der Waals surface area (Å²) in [5.74, 6) is -0.0513. The lowest BCUT2D eigenvalue weighted by Gasteiger charge is -2.15. The highest BCUT2D eigenvalue weighted by atomic mass is 35.5. The van der Waals surface area contributed by atoms with E-state index in [1.165, 1.54) is 0 Å². The van der Waals surface area contributed by atoms with Crippen LogP contribution < -0.4 is 11.1 Å². The molecule has 1 aromatic rings. The summed E-state index contributed by atoms with van der Waals surface area (Å²) in [6.45, 7) is 3.82. The first-order valence-corrected chi connectivity index (χ1v) is 5.20. The van der Waals surface area contributed by atoms with Crippen molar-refractivity contribution in [2.24, 2.45) is 11.7 Å². The summed E-state index contributed by atoms with van der Waals surface area (Å²) in [7, 11) is 0. The summed E-state index contributed by atoms with van der Waals surface area (Å²) in [6, 6.07) is 6.44. The number of nitrogens with one attached hydrogen (secondary N) is 1. The predicted molar refractivity (Wildman–Crippen MR) is 62.9 cm³/mol. The van der Waals surface area contributed by atoms with Crippen LogP contribution in [-0.2, 0) is 4.79 Å². The van der Waals surface area contributed by atoms with Crippen LogP contribution in [0.4, 0.5) is 5.69 Å². The Balaban J connectivity index is 2.62. The average molecular weight is 227 g/mol. The van der Waals surface area contributed by atoms with Crippen molar-refractivity contribution in [1.29, 1.82) is 0 Å². The Hall–Kier alpha value is -1.06. The topological polar surface area (TPSA) is 55.1 Å². The van der Waals surface area contributed by atoms with Gasteiger partial charge in [0.1, 0.15) is 0 Å². The lowest BCUT2D eigenvalue weighted by Crippen LogP contribution is -2.39. The summed E-state index contributed by atoms with van der Waals surface area (Å²) in [6.07, 6.45) is 0. The number of carbonyl (C=O) groups excluding carboxylic acids is 1. The van der Waals surface area contributed by atoms with Gasteiger partial charge in [-0.3, -0.25) is 4.79 Å². The van der Waals surface area contributed by atoms with Gasteiger partial charge in [-0.15, -0.1) is 0 Å². The van der Waals surface area contributed by atoms with E-state index in [4.69, 9.17) is 17.3 Å². The fraction of sp³-hybridized carbons (Fsp3) is 0.364. The Kier molecular flexibility index (Phi) is 4.12. The van der Waals surface area contributed by atoms with Crippen molar-refractivity contribution in [3.05, 3.63) is 29.3 Å². The van der Waals surface area contributed by atoms with Crippen LogP contribution in [0.3, 0.4) is 0 Å². The fourth-order valence-corrected chi connectivity index (χ4v) is 1.19. The molecule has 0 bridgehead atoms. The molecule has 3 nitrogen and oxygen atoms in total. The molecule has 0 fully saturated rings. The second-order valence-electron chi connectivity index (χ2n) is 3.77. The van der Waals surface area contributed by atoms with Gasteiger partial charge in [0, 0.05) is 10.7 Å². The molecule has 0 spiro atoms. The van der Waals surface area contributed by atoms with Gasteiger partial charge in [0.05, 0.1) is 6.04 Å². The second kappa shape index (κ2) is 5.14. The molecule has 0 saturated carbocycles. The molecule has 1 rings (SSSR count). The van der Waals surface area contributed by atoms with Gasteiger partial charge in [0.15, 0.2) is 0 Å². The minimum absolute atomic E-state index is 0.123. The molecule has 82 valence electrons. The molecule has 0 radical (unpaired) electrons. The number of hydrogen-bond donors (Lipinski definition) is 2. The molecule has 0 aliphatic heterocycles. The molecular weight excluding hydrogens is 212 g/mol. The van der Waals surface area contributed by atoms with Gasteiger partial charge in [-0.25, -0.2) is 0 Å². The number of carbonyl (C=O) groups is 1. The van der Waals surface area contributed by atoms with Crippen LogP contribution in [0.1, 0.15) is 13.8 Å². The maximum absolute atomic E-state index is 11.6. The number of anilines is 1. The zero-order valence-corrected chi connectivity index (χ0v) is 9.58. The van der Waals surface area contributed by atoms with Crippen LogP contribution >= 0.6 is 11.6 Å². The molecular formula is C11H15ClN2O. The van der Waals surface area contributed by atoms with Gasteiger partial charge in [0.25, 0.3) is 0 Å². The van der Waals surface area contributed by atoms with Gasteiger partial charge >= 0.3 is 0 Å². The minimum atomic E-state index is -0.485. The highest BCUT2D eigenvalue weighted by molar-refractivity contribution is 6.30. The minimum Gasteiger partial charge on any atom is -0.325 e. The maximum Gasteiger partial charge on any atom is 0.241 e. The van der Waals surface area contributed by atoms with Crippen molar-refractivity contribution in [1.82, 2.24) is 0 Å². The van der Waals surface area contributed by atoms with Crippen LogP contribution in [0.15, 0.2) is 24.3 Å². The van der Waals surface area contributed by atoms with Gasteiger partial charge in [-0.1, -0.05) is 25.4 Å². The molecule has 0 aromatic heterocycles. The standard InChI is InChI=1S/C11H15ClN2O/c1-7(2)10(13)11(15)14-9-5-3-8(12)4-6-9/h3-7,10H,13H2,1-2H3,(H,14,15)/t10-/m1/s1. The Morgan fingerprint density at radius 1 is 1.33 bits per heavy atom. The molecule has 0 aliphatic rings. The molecule has 1 atom stereocenters. The highest BCUT2D eigenvalue weighted by Gasteiger charge is 2.16. The third-order valence-corrected chi connectivity index (χ3v) is 2.38. The number of rotatable bonds is 3.